The third-order valence-electron chi connectivity index (χ3n) is 9.82. The van der Waals surface area contributed by atoms with Crippen molar-refractivity contribution in [1.29, 1.82) is 0 Å². The summed E-state index contributed by atoms with van der Waals surface area (Å²) in [5, 5.41) is 12.7. The van der Waals surface area contributed by atoms with Crippen LogP contribution in [0.3, 0.4) is 0 Å². The topological polar surface area (TPSA) is 118 Å². The third kappa shape index (κ3) is 4.35. The van der Waals surface area contributed by atoms with Crippen molar-refractivity contribution in [2.24, 2.45) is 34.0 Å². The Hall–Kier alpha value is -0.164. The second kappa shape index (κ2) is 10.2. The van der Waals surface area contributed by atoms with Crippen molar-refractivity contribution in [3.05, 3.63) is 12.7 Å². The molecule has 0 N–H and O–H groups in total. The summed E-state index contributed by atoms with van der Waals surface area (Å²) < 4.78 is 6.03. The number of thioether (sulfide) groups is 1. The molecule has 0 aromatic rings. The monoisotopic (exact) mass is 528 g/mol. The van der Waals surface area contributed by atoms with Gasteiger partial charge in [0.2, 0.25) is 11.6 Å². The number of hydrogen-bond acceptors (Lipinski definition) is 8. The van der Waals surface area contributed by atoms with E-state index in [0.717, 1.165) is 24.6 Å². The Morgan fingerprint density at radius 2 is 1.80 bits per heavy atom. The van der Waals surface area contributed by atoms with E-state index >= 15 is 0 Å². The molecule has 0 heterocycles. The van der Waals surface area contributed by atoms with Gasteiger partial charge in [0.15, 0.2) is 0 Å². The molecule has 0 aromatic heterocycles. The summed E-state index contributed by atoms with van der Waals surface area (Å²) in [6.07, 6.45) is 3.01. The molecule has 4 fully saturated rings. The second-order valence-corrected chi connectivity index (χ2v) is 12.4. The third-order valence-corrected chi connectivity index (χ3v) is 11.0. The molecular weight excluding hydrogens is 495 g/mol. The Kier molecular flexibility index (Phi) is 8.56. The Bertz CT molecular complexity index is 963. The fraction of sp³-hybridized carbons (Fsp3) is 0.731. The van der Waals surface area contributed by atoms with Gasteiger partial charge in [0.05, 0.1) is 5.75 Å². The van der Waals surface area contributed by atoms with Crippen molar-refractivity contribution in [2.45, 2.75) is 77.3 Å². The number of ether oxygens (including phenoxy) is 1. The van der Waals surface area contributed by atoms with Crippen molar-refractivity contribution >= 4 is 40.9 Å². The smallest absolute Gasteiger partial charge is 0.851 e. The summed E-state index contributed by atoms with van der Waals surface area (Å²) in [5.74, 6) is -3.82. The van der Waals surface area contributed by atoms with Crippen molar-refractivity contribution in [1.82, 2.24) is 0 Å². The normalized spacial score (nSPS) is 43.4. The molecule has 186 valence electrons. The Morgan fingerprint density at radius 1 is 1.17 bits per heavy atom. The van der Waals surface area contributed by atoms with Gasteiger partial charge in [0.25, 0.3) is 5.78 Å². The quantitative estimate of drug-likeness (QED) is 0.148. The van der Waals surface area contributed by atoms with Crippen LogP contribution in [0.15, 0.2) is 12.7 Å². The van der Waals surface area contributed by atoms with Crippen molar-refractivity contribution in [2.75, 3.05) is 5.75 Å². The Labute approximate surface area is 253 Å². The molecule has 7 nitrogen and oxygen atoms in total. The van der Waals surface area contributed by atoms with Gasteiger partial charge in [0, 0.05) is 17.8 Å². The fourth-order valence-electron chi connectivity index (χ4n) is 7.38. The molecule has 0 aromatic carbocycles. The minimum absolute atomic E-state index is 0. The molecule has 0 amide bonds. The molecule has 4 saturated carbocycles. The minimum atomic E-state index is -1.14. The molecule has 0 saturated heterocycles. The van der Waals surface area contributed by atoms with Gasteiger partial charge in [-0.25, -0.2) is 0 Å². The molecular formula is C26H33KO7S. The number of hydrogen-bond donors (Lipinski definition) is 0. The first-order chi connectivity index (χ1) is 15.8. The molecule has 4 aliphatic rings. The molecule has 4 rings (SSSR count). The van der Waals surface area contributed by atoms with E-state index in [2.05, 4.69) is 13.5 Å². The number of rotatable bonds is 5. The fourth-order valence-corrected chi connectivity index (χ4v) is 8.26. The maximum Gasteiger partial charge on any atom is 1.00 e. The van der Waals surface area contributed by atoms with Crippen molar-refractivity contribution in [3.63, 3.8) is 0 Å². The van der Waals surface area contributed by atoms with Crippen molar-refractivity contribution in [3.8, 4) is 0 Å². The van der Waals surface area contributed by atoms with Crippen molar-refractivity contribution < 1.29 is 85.2 Å². The summed E-state index contributed by atoms with van der Waals surface area (Å²) in [6.45, 7) is 11.9. The van der Waals surface area contributed by atoms with Gasteiger partial charge in [-0.1, -0.05) is 33.8 Å². The second-order valence-electron chi connectivity index (χ2n) is 11.3. The average molecular weight is 529 g/mol. The number of carbonyl (C=O) groups is 5. The standard InChI is InChI=1S/C26H33O7S.K/c1-6-24(4)11-16(33-17(28)12-34-21-19(30)18(29)20(21)31)25(5)13(2)7-9-26(14(3)23(24)32)10-8-15(27)22(25)26;/h6,13-14,16,21-23H,1,7-12H2,2-5H3;/q-1;+1/t13-,14+,16-,22+,23+,24-,25+,26+;/m1./s1. The van der Waals surface area contributed by atoms with E-state index in [1.807, 2.05) is 20.8 Å². The van der Waals surface area contributed by atoms with Crippen LogP contribution in [0.1, 0.15) is 59.8 Å². The summed E-state index contributed by atoms with van der Waals surface area (Å²) in [5.41, 5.74) is -1.91. The van der Waals surface area contributed by atoms with Crippen LogP contribution in [-0.2, 0) is 28.7 Å². The summed E-state index contributed by atoms with van der Waals surface area (Å²) >= 11 is 0.794. The molecule has 9 heteroatoms. The minimum Gasteiger partial charge on any atom is -0.851 e. The molecule has 35 heavy (non-hydrogen) atoms. The summed E-state index contributed by atoms with van der Waals surface area (Å²) in [4.78, 5) is 60.7. The zero-order valence-corrected chi connectivity index (χ0v) is 25.2. The largest absolute Gasteiger partial charge is 1.00 e. The van der Waals surface area contributed by atoms with Gasteiger partial charge in [-0.15, -0.1) is 24.4 Å². The first-order valence-corrected chi connectivity index (χ1v) is 13.1. The van der Waals surface area contributed by atoms with E-state index in [4.69, 9.17) is 4.74 Å². The van der Waals surface area contributed by atoms with E-state index in [1.165, 1.54) is 0 Å². The predicted molar refractivity (Wildman–Crippen MR) is 124 cm³/mol. The van der Waals surface area contributed by atoms with E-state index in [1.54, 1.807) is 6.08 Å². The average Bonchev–Trinajstić information content (AvgIpc) is 3.17. The number of esters is 1. The van der Waals surface area contributed by atoms with Gasteiger partial charge in [0.1, 0.15) is 17.1 Å². The van der Waals surface area contributed by atoms with Gasteiger partial charge >= 0.3 is 57.4 Å². The maximum absolute atomic E-state index is 13.8. The number of carbonyl (C=O) groups excluding carboxylic acids is 5. The molecule has 0 spiro atoms. The van der Waals surface area contributed by atoms with E-state index in [0.29, 0.717) is 12.8 Å². The summed E-state index contributed by atoms with van der Waals surface area (Å²) in [6, 6.07) is 0. The van der Waals surface area contributed by atoms with E-state index < -0.39 is 57.0 Å². The van der Waals surface area contributed by atoms with Crippen LogP contribution in [0.5, 0.6) is 0 Å². The van der Waals surface area contributed by atoms with Gasteiger partial charge in [-0.2, -0.15) is 0 Å². The van der Waals surface area contributed by atoms with Crippen LogP contribution in [0.25, 0.3) is 0 Å². The zero-order valence-electron chi connectivity index (χ0n) is 21.3. The van der Waals surface area contributed by atoms with Gasteiger partial charge in [-0.05, 0) is 48.3 Å². The zero-order chi connectivity index (χ0) is 25.2. The van der Waals surface area contributed by atoms with Gasteiger partial charge in [-0.3, -0.25) is 24.0 Å². The Balaban J connectivity index is 0.00000342. The van der Waals surface area contributed by atoms with E-state index in [9.17, 15) is 29.1 Å². The molecule has 2 bridgehead atoms. The van der Waals surface area contributed by atoms with Crippen LogP contribution >= 0.6 is 11.8 Å². The number of Topliss-reactive ketones (excluding diaryl/α,β-unsaturated/α-hetero) is 4. The van der Waals surface area contributed by atoms with Crippen LogP contribution in [0.2, 0.25) is 0 Å². The molecule has 0 radical (unpaired) electrons. The maximum atomic E-state index is 13.8. The SMILES string of the molecule is C=C[C@]1(C)C[C@@H](OC(=O)CSC2C(=O)C(=O)C2=O)[C@]2(C)[C@H](C)CC[C@]3(CCC(=O)[C@H]32)[C@@H](C)[C@@H]1[O-].[K+]. The Morgan fingerprint density at radius 3 is 2.40 bits per heavy atom. The first kappa shape index (κ1) is 29.4. The molecule has 4 aliphatic carbocycles. The van der Waals surface area contributed by atoms with E-state index in [-0.39, 0.29) is 87.1 Å². The molecule has 0 aliphatic heterocycles. The van der Waals surface area contributed by atoms with Crippen LogP contribution in [0.4, 0.5) is 0 Å². The predicted octanol–water partition coefficient (Wildman–Crippen LogP) is -0.912. The number of ketones is 4. The summed E-state index contributed by atoms with van der Waals surface area (Å²) in [7, 11) is 0. The van der Waals surface area contributed by atoms with Gasteiger partial charge < -0.3 is 9.84 Å². The molecule has 8 atom stereocenters. The van der Waals surface area contributed by atoms with Crippen LogP contribution < -0.4 is 56.5 Å². The molecule has 0 unspecified atom stereocenters. The van der Waals surface area contributed by atoms with Crippen LogP contribution in [0, 0.1) is 34.0 Å². The first-order valence-electron chi connectivity index (χ1n) is 12.1. The van der Waals surface area contributed by atoms with Crippen LogP contribution in [-0.4, -0.2) is 52.3 Å².